The first-order valence-electron chi connectivity index (χ1n) is 4.57. The van der Waals surface area contributed by atoms with Crippen molar-refractivity contribution in [3.05, 3.63) is 30.2 Å². The highest BCUT2D eigenvalue weighted by Crippen LogP contribution is 2.15. The molecule has 0 aliphatic carbocycles. The van der Waals surface area contributed by atoms with Crippen LogP contribution in [0.4, 0.5) is 5.82 Å². The zero-order chi connectivity index (χ0) is 12.3. The van der Waals surface area contributed by atoms with E-state index in [-0.39, 0.29) is 17.3 Å². The van der Waals surface area contributed by atoms with Crippen LogP contribution in [-0.4, -0.2) is 31.2 Å². The number of carbonyl (C=O) groups is 1. The number of carboxylic acids is 1. The highest BCUT2D eigenvalue weighted by atomic mass is 16.4. The number of rotatable bonds is 3. The first-order chi connectivity index (χ1) is 8.22. The second-order valence-corrected chi connectivity index (χ2v) is 3.02. The third kappa shape index (κ3) is 2.16. The summed E-state index contributed by atoms with van der Waals surface area (Å²) < 4.78 is 0. The Morgan fingerprint density at radius 2 is 2.00 bits per heavy atom. The monoisotopic (exact) mass is 232 g/mol. The predicted molar refractivity (Wildman–Crippen MR) is 57.8 cm³/mol. The van der Waals surface area contributed by atoms with Gasteiger partial charge in [0.05, 0.1) is 0 Å². The molecule has 86 valence electrons. The molecule has 2 heterocycles. The van der Waals surface area contributed by atoms with Crippen LogP contribution in [0, 0.1) is 0 Å². The molecule has 0 aliphatic rings. The standard InChI is InChI=1S/C9H8N6O2/c10-13-8-6(9(16)17)14-15-7(12-8)5-1-3-11-4-2-5/h1-4H,10H2,(H,16,17)(H,12,13,15). The number of nitrogens with one attached hydrogen (secondary N) is 1. The van der Waals surface area contributed by atoms with Gasteiger partial charge in [-0.15, -0.1) is 10.2 Å². The van der Waals surface area contributed by atoms with Crippen molar-refractivity contribution < 1.29 is 9.90 Å². The second-order valence-electron chi connectivity index (χ2n) is 3.02. The SMILES string of the molecule is NNc1nc(-c2ccncc2)nnc1C(=O)O. The molecule has 0 unspecified atom stereocenters. The molecular weight excluding hydrogens is 224 g/mol. The van der Waals surface area contributed by atoms with Gasteiger partial charge in [0.15, 0.2) is 11.6 Å². The lowest BCUT2D eigenvalue weighted by Gasteiger charge is -2.04. The van der Waals surface area contributed by atoms with Gasteiger partial charge in [0.2, 0.25) is 5.69 Å². The molecule has 2 rings (SSSR count). The Morgan fingerprint density at radius 1 is 1.29 bits per heavy atom. The Kier molecular flexibility index (Phi) is 2.88. The van der Waals surface area contributed by atoms with Crippen molar-refractivity contribution in [3.63, 3.8) is 0 Å². The zero-order valence-corrected chi connectivity index (χ0v) is 8.53. The van der Waals surface area contributed by atoms with Gasteiger partial charge in [-0.05, 0) is 12.1 Å². The van der Waals surface area contributed by atoms with Gasteiger partial charge in [-0.1, -0.05) is 0 Å². The molecule has 0 saturated carbocycles. The summed E-state index contributed by atoms with van der Waals surface area (Å²) in [6.45, 7) is 0. The molecule has 0 atom stereocenters. The Balaban J connectivity index is 2.49. The van der Waals surface area contributed by atoms with Gasteiger partial charge in [-0.2, -0.15) is 0 Å². The van der Waals surface area contributed by atoms with Gasteiger partial charge in [0.1, 0.15) is 0 Å². The molecule has 4 N–H and O–H groups in total. The largest absolute Gasteiger partial charge is 0.476 e. The first kappa shape index (κ1) is 10.9. The third-order valence-corrected chi connectivity index (χ3v) is 1.96. The van der Waals surface area contributed by atoms with Crippen molar-refractivity contribution >= 4 is 11.8 Å². The lowest BCUT2D eigenvalue weighted by molar-refractivity contribution is 0.0690. The summed E-state index contributed by atoms with van der Waals surface area (Å²) >= 11 is 0. The number of hydrogen-bond acceptors (Lipinski definition) is 7. The minimum Gasteiger partial charge on any atom is -0.476 e. The first-order valence-corrected chi connectivity index (χ1v) is 4.57. The minimum absolute atomic E-state index is 0.0423. The van der Waals surface area contributed by atoms with E-state index in [1.165, 1.54) is 0 Å². The summed E-state index contributed by atoms with van der Waals surface area (Å²) in [5, 5.41) is 16.1. The van der Waals surface area contributed by atoms with E-state index in [4.69, 9.17) is 10.9 Å². The summed E-state index contributed by atoms with van der Waals surface area (Å²) in [5.41, 5.74) is 2.52. The fraction of sp³-hybridized carbons (Fsp3) is 0. The molecule has 0 spiro atoms. The van der Waals surface area contributed by atoms with Crippen molar-refractivity contribution in [1.29, 1.82) is 0 Å². The Labute approximate surface area is 95.5 Å². The molecule has 0 aliphatic heterocycles. The van der Waals surface area contributed by atoms with Gasteiger partial charge < -0.3 is 10.5 Å². The predicted octanol–water partition coefficient (Wildman–Crippen LogP) is -0.0826. The molecule has 0 bridgehead atoms. The highest BCUT2D eigenvalue weighted by molar-refractivity contribution is 5.90. The van der Waals surface area contributed by atoms with Crippen LogP contribution in [0.25, 0.3) is 11.4 Å². The maximum absolute atomic E-state index is 10.8. The van der Waals surface area contributed by atoms with Crippen LogP contribution in [0.15, 0.2) is 24.5 Å². The average Bonchev–Trinajstić information content (AvgIpc) is 2.39. The van der Waals surface area contributed by atoms with Crippen LogP contribution in [0.1, 0.15) is 10.5 Å². The molecule has 0 amide bonds. The molecular formula is C9H8N6O2. The Bertz CT molecular complexity index is 544. The van der Waals surface area contributed by atoms with E-state index in [1.807, 2.05) is 0 Å². The molecule has 8 nitrogen and oxygen atoms in total. The van der Waals surface area contributed by atoms with E-state index >= 15 is 0 Å². The molecule has 8 heteroatoms. The van der Waals surface area contributed by atoms with Crippen LogP contribution in [0.3, 0.4) is 0 Å². The van der Waals surface area contributed by atoms with Gasteiger partial charge in [-0.25, -0.2) is 15.6 Å². The minimum atomic E-state index is -1.25. The van der Waals surface area contributed by atoms with Crippen LogP contribution < -0.4 is 11.3 Å². The van der Waals surface area contributed by atoms with E-state index in [1.54, 1.807) is 24.5 Å². The lowest BCUT2D eigenvalue weighted by atomic mass is 10.2. The van der Waals surface area contributed by atoms with Crippen molar-refractivity contribution in [2.24, 2.45) is 5.84 Å². The highest BCUT2D eigenvalue weighted by Gasteiger charge is 2.15. The summed E-state index contributed by atoms with van der Waals surface area (Å²) in [6.07, 6.45) is 3.14. The topological polar surface area (TPSA) is 127 Å². The van der Waals surface area contributed by atoms with Gasteiger partial charge >= 0.3 is 5.97 Å². The third-order valence-electron chi connectivity index (χ3n) is 1.96. The molecule has 2 aromatic rings. The fourth-order valence-electron chi connectivity index (χ4n) is 1.19. The van der Waals surface area contributed by atoms with Crippen molar-refractivity contribution in [1.82, 2.24) is 20.2 Å². The molecule has 0 fully saturated rings. The number of nitrogens with two attached hydrogens (primary N) is 1. The van der Waals surface area contributed by atoms with Crippen molar-refractivity contribution in [2.75, 3.05) is 5.43 Å². The number of hydrogen-bond donors (Lipinski definition) is 3. The Morgan fingerprint density at radius 3 is 2.59 bits per heavy atom. The van der Waals surface area contributed by atoms with Crippen LogP contribution >= 0.6 is 0 Å². The van der Waals surface area contributed by atoms with Gasteiger partial charge in [0, 0.05) is 18.0 Å². The summed E-state index contributed by atoms with van der Waals surface area (Å²) in [6, 6.07) is 3.36. The molecule has 17 heavy (non-hydrogen) atoms. The maximum atomic E-state index is 10.8. The van der Waals surface area contributed by atoms with Crippen molar-refractivity contribution in [3.8, 4) is 11.4 Å². The zero-order valence-electron chi connectivity index (χ0n) is 8.53. The lowest BCUT2D eigenvalue weighted by Crippen LogP contribution is -2.16. The van der Waals surface area contributed by atoms with E-state index in [0.717, 1.165) is 0 Å². The van der Waals surface area contributed by atoms with Crippen molar-refractivity contribution in [2.45, 2.75) is 0 Å². The number of aromatic carboxylic acids is 1. The number of hydrazine groups is 1. The number of carboxylic acid groups (broad SMARTS) is 1. The van der Waals surface area contributed by atoms with E-state index in [2.05, 4.69) is 25.6 Å². The average molecular weight is 232 g/mol. The molecule has 0 aromatic carbocycles. The van der Waals surface area contributed by atoms with E-state index < -0.39 is 5.97 Å². The number of anilines is 1. The maximum Gasteiger partial charge on any atom is 0.360 e. The normalized spacial score (nSPS) is 9.94. The number of aromatic nitrogens is 4. The summed E-state index contributed by atoms with van der Waals surface area (Å²) in [4.78, 5) is 18.6. The molecule has 0 radical (unpaired) electrons. The van der Waals surface area contributed by atoms with E-state index in [0.29, 0.717) is 5.56 Å². The number of nitrogens with zero attached hydrogens (tertiary/aromatic N) is 4. The fourth-order valence-corrected chi connectivity index (χ4v) is 1.19. The molecule has 2 aromatic heterocycles. The van der Waals surface area contributed by atoms with Gasteiger partial charge in [0.25, 0.3) is 0 Å². The summed E-state index contributed by atoms with van der Waals surface area (Å²) in [5.74, 6) is 4.16. The summed E-state index contributed by atoms with van der Waals surface area (Å²) in [7, 11) is 0. The molecule has 0 saturated heterocycles. The second kappa shape index (κ2) is 4.49. The van der Waals surface area contributed by atoms with Gasteiger partial charge in [-0.3, -0.25) is 4.98 Å². The smallest absolute Gasteiger partial charge is 0.360 e. The van der Waals surface area contributed by atoms with Crippen LogP contribution in [0.2, 0.25) is 0 Å². The van der Waals surface area contributed by atoms with E-state index in [9.17, 15) is 4.79 Å². The quantitative estimate of drug-likeness (QED) is 0.495. The van der Waals surface area contributed by atoms with Crippen LogP contribution in [-0.2, 0) is 0 Å². The van der Waals surface area contributed by atoms with Crippen LogP contribution in [0.5, 0.6) is 0 Å². The number of nitrogen functional groups attached to an aromatic ring is 1. The number of pyridine rings is 1. The Hall–Kier alpha value is -2.61.